The van der Waals surface area contributed by atoms with Crippen LogP contribution in [0, 0.1) is 6.92 Å². The molecule has 0 aliphatic heterocycles. The highest BCUT2D eigenvalue weighted by Crippen LogP contribution is 2.05. The fourth-order valence-electron chi connectivity index (χ4n) is 1.78. The summed E-state index contributed by atoms with van der Waals surface area (Å²) in [7, 11) is -2.32. The quantitative estimate of drug-likeness (QED) is 0.419. The minimum Gasteiger partial charge on any atom is -0.748 e. The zero-order valence-corrected chi connectivity index (χ0v) is 14.1. The van der Waals surface area contributed by atoms with Gasteiger partial charge in [0.15, 0.2) is 0 Å². The average molecular weight is 317 g/mol. The number of nitrogens with zero attached hydrogens (tertiary/aromatic N) is 1. The molecule has 1 aromatic heterocycles. The molecule has 5 nitrogen and oxygen atoms in total. The third-order valence-electron chi connectivity index (χ3n) is 2.96. The van der Waals surface area contributed by atoms with Crippen LogP contribution in [0.25, 0.3) is 0 Å². The Hall–Kier alpha value is -1.14. The number of unbranched alkanes of at least 4 members (excludes halogenated alkanes) is 5. The van der Waals surface area contributed by atoms with Crippen molar-refractivity contribution in [2.24, 2.45) is 0 Å². The van der Waals surface area contributed by atoms with E-state index in [0.717, 1.165) is 25.0 Å². The first-order chi connectivity index (χ1) is 9.90. The first kappa shape index (κ1) is 19.9. The lowest BCUT2D eigenvalue weighted by atomic mass is 10.1. The van der Waals surface area contributed by atoms with E-state index in [1.54, 1.807) is 11.8 Å². The molecule has 0 saturated carbocycles. The smallest absolute Gasteiger partial charge is 0.231 e. The molecule has 0 aliphatic carbocycles. The summed E-state index contributed by atoms with van der Waals surface area (Å²) in [5, 5.41) is 0. The zero-order valence-electron chi connectivity index (χ0n) is 13.2. The molecule has 0 atom stereocenters. The van der Waals surface area contributed by atoms with Crippen LogP contribution in [-0.2, 0) is 10.1 Å². The van der Waals surface area contributed by atoms with E-state index in [4.69, 9.17) is 4.84 Å². The van der Waals surface area contributed by atoms with E-state index >= 15 is 0 Å². The normalized spacial score (nSPS) is 10.7. The monoisotopic (exact) mass is 317 g/mol. The molecule has 6 heteroatoms. The highest BCUT2D eigenvalue weighted by molar-refractivity contribution is 7.85. The summed E-state index contributed by atoms with van der Waals surface area (Å²) < 4.78 is 32.2. The van der Waals surface area contributed by atoms with Crippen molar-refractivity contribution in [3.05, 3.63) is 30.1 Å². The minimum atomic E-state index is -3.97. The van der Waals surface area contributed by atoms with E-state index in [-0.39, 0.29) is 5.75 Å². The third kappa shape index (κ3) is 12.3. The van der Waals surface area contributed by atoms with Gasteiger partial charge in [-0.3, -0.25) is 4.84 Å². The third-order valence-corrected chi connectivity index (χ3v) is 3.75. The zero-order chi connectivity index (χ0) is 16.1. The van der Waals surface area contributed by atoms with E-state index in [1.165, 1.54) is 12.8 Å². The maximum Gasteiger partial charge on any atom is 0.231 e. The van der Waals surface area contributed by atoms with Crippen molar-refractivity contribution in [1.29, 1.82) is 0 Å². The van der Waals surface area contributed by atoms with E-state index in [1.807, 2.05) is 31.3 Å². The Labute approximate surface area is 128 Å². The molecule has 1 heterocycles. The Balaban J connectivity index is 0.000000394. The van der Waals surface area contributed by atoms with Crippen LogP contribution in [0.15, 0.2) is 24.4 Å². The molecule has 21 heavy (non-hydrogen) atoms. The van der Waals surface area contributed by atoms with E-state index in [0.29, 0.717) is 6.42 Å². The lowest BCUT2D eigenvalue weighted by Crippen LogP contribution is -2.42. The first-order valence-electron chi connectivity index (χ1n) is 7.36. The fraction of sp³-hybridized carbons (Fsp3) is 0.667. The van der Waals surface area contributed by atoms with Gasteiger partial charge in [0.25, 0.3) is 0 Å². The topological polar surface area (TPSA) is 70.3 Å². The van der Waals surface area contributed by atoms with Crippen molar-refractivity contribution in [2.75, 3.05) is 12.9 Å². The maximum atomic E-state index is 10.2. The Bertz CT molecular complexity index is 474. The van der Waals surface area contributed by atoms with Gasteiger partial charge < -0.3 is 4.55 Å². The maximum absolute atomic E-state index is 10.2. The molecular formula is C15H27NO4S. The summed E-state index contributed by atoms with van der Waals surface area (Å²) in [4.78, 5) is 4.96. The van der Waals surface area contributed by atoms with E-state index in [2.05, 4.69) is 6.92 Å². The van der Waals surface area contributed by atoms with Crippen molar-refractivity contribution < 1.29 is 22.5 Å². The molecule has 0 aromatic carbocycles. The SMILES string of the molecule is CCCCCCCCS(=O)(=O)[O-].CO[n+]1ccccc1C. The van der Waals surface area contributed by atoms with Gasteiger partial charge in [0, 0.05) is 29.5 Å². The number of hydrogen-bond donors (Lipinski definition) is 0. The predicted octanol–water partition coefficient (Wildman–Crippen LogP) is 2.23. The number of aryl methyl sites for hydroxylation is 1. The molecule has 1 aromatic rings. The van der Waals surface area contributed by atoms with Crippen molar-refractivity contribution in [3.63, 3.8) is 0 Å². The van der Waals surface area contributed by atoms with Gasteiger partial charge in [0.2, 0.25) is 11.9 Å². The van der Waals surface area contributed by atoms with E-state index < -0.39 is 10.1 Å². The Morgan fingerprint density at radius 1 is 1.14 bits per heavy atom. The largest absolute Gasteiger partial charge is 0.748 e. The van der Waals surface area contributed by atoms with Crippen molar-refractivity contribution in [1.82, 2.24) is 0 Å². The van der Waals surface area contributed by atoms with Gasteiger partial charge in [-0.25, -0.2) is 8.42 Å². The molecule has 0 fully saturated rings. The highest BCUT2D eigenvalue weighted by Gasteiger charge is 2.00. The van der Waals surface area contributed by atoms with Gasteiger partial charge in [0.1, 0.15) is 7.11 Å². The highest BCUT2D eigenvalue weighted by atomic mass is 32.2. The van der Waals surface area contributed by atoms with Crippen LogP contribution in [0.2, 0.25) is 0 Å². The van der Waals surface area contributed by atoms with Crippen LogP contribution in [0.3, 0.4) is 0 Å². The van der Waals surface area contributed by atoms with Crippen LogP contribution < -0.4 is 9.57 Å². The number of rotatable bonds is 8. The lowest BCUT2D eigenvalue weighted by molar-refractivity contribution is -0.889. The van der Waals surface area contributed by atoms with Crippen LogP contribution in [0.4, 0.5) is 0 Å². The second-order valence-corrected chi connectivity index (χ2v) is 6.40. The van der Waals surface area contributed by atoms with Crippen LogP contribution in [-0.4, -0.2) is 25.8 Å². The van der Waals surface area contributed by atoms with Crippen LogP contribution >= 0.6 is 0 Å². The van der Waals surface area contributed by atoms with Gasteiger partial charge >= 0.3 is 0 Å². The fourth-order valence-corrected chi connectivity index (χ4v) is 2.34. The Morgan fingerprint density at radius 2 is 1.76 bits per heavy atom. The predicted molar refractivity (Wildman–Crippen MR) is 81.8 cm³/mol. The number of pyridine rings is 1. The van der Waals surface area contributed by atoms with Gasteiger partial charge in [-0.2, -0.15) is 0 Å². The summed E-state index contributed by atoms with van der Waals surface area (Å²) in [5.41, 5.74) is 1.10. The molecule has 0 radical (unpaired) electrons. The molecule has 0 saturated heterocycles. The number of hydrogen-bond acceptors (Lipinski definition) is 4. The number of aromatic nitrogens is 1. The summed E-state index contributed by atoms with van der Waals surface area (Å²) >= 11 is 0. The molecule has 122 valence electrons. The molecule has 0 spiro atoms. The Kier molecular flexibility index (Phi) is 10.9. The summed E-state index contributed by atoms with van der Waals surface area (Å²) in [6.45, 7) is 4.12. The molecule has 0 bridgehead atoms. The average Bonchev–Trinajstić information content (AvgIpc) is 2.43. The van der Waals surface area contributed by atoms with Crippen molar-refractivity contribution in [2.45, 2.75) is 52.4 Å². The summed E-state index contributed by atoms with van der Waals surface area (Å²) in [6, 6.07) is 5.89. The minimum absolute atomic E-state index is 0.195. The Morgan fingerprint density at radius 3 is 2.24 bits per heavy atom. The van der Waals surface area contributed by atoms with Gasteiger partial charge in [-0.05, 0) is 12.5 Å². The summed E-state index contributed by atoms with van der Waals surface area (Å²) in [5.74, 6) is -0.195. The van der Waals surface area contributed by atoms with E-state index in [9.17, 15) is 13.0 Å². The summed E-state index contributed by atoms with van der Waals surface area (Å²) in [6.07, 6.45) is 7.83. The van der Waals surface area contributed by atoms with Gasteiger partial charge in [-0.1, -0.05) is 39.0 Å². The molecule has 1 rings (SSSR count). The van der Waals surface area contributed by atoms with Crippen molar-refractivity contribution >= 4 is 10.1 Å². The second kappa shape index (κ2) is 11.5. The first-order valence-corrected chi connectivity index (χ1v) is 8.93. The second-order valence-electron chi connectivity index (χ2n) is 4.88. The molecule has 0 N–H and O–H groups in total. The molecule has 0 unspecified atom stereocenters. The van der Waals surface area contributed by atoms with Crippen LogP contribution in [0.1, 0.15) is 51.1 Å². The van der Waals surface area contributed by atoms with Crippen LogP contribution in [0.5, 0.6) is 0 Å². The molecular weight excluding hydrogens is 290 g/mol. The molecule has 0 amide bonds. The van der Waals surface area contributed by atoms with Crippen molar-refractivity contribution in [3.8, 4) is 0 Å². The molecule has 0 aliphatic rings. The lowest BCUT2D eigenvalue weighted by Gasteiger charge is -2.05. The van der Waals surface area contributed by atoms with Gasteiger partial charge in [-0.15, -0.1) is 0 Å². The van der Waals surface area contributed by atoms with Gasteiger partial charge in [0.05, 0.1) is 10.1 Å². The standard InChI is InChI=1S/C8H18O3S.C7H10NO/c1-2-3-4-5-6-7-8-12(9,10)11;1-7-5-3-4-6-8(7)9-2/h2-8H2,1H3,(H,9,10,11);3-6H,1-2H3/q;+1/p-1.